The van der Waals surface area contributed by atoms with Crippen molar-refractivity contribution >= 4 is 33.7 Å². The normalized spacial score (nSPS) is 16.4. The van der Waals surface area contributed by atoms with Gasteiger partial charge in [-0.3, -0.25) is 9.59 Å². The maximum Gasteiger partial charge on any atom is 0.339 e. The van der Waals surface area contributed by atoms with Gasteiger partial charge in [0.05, 0.1) is 48.7 Å². The predicted molar refractivity (Wildman–Crippen MR) is 162 cm³/mol. The Balaban J connectivity index is 1.65. The van der Waals surface area contributed by atoms with Crippen molar-refractivity contribution in [3.63, 3.8) is 0 Å². The van der Waals surface area contributed by atoms with Crippen molar-refractivity contribution in [1.82, 2.24) is 9.62 Å². The second kappa shape index (κ2) is 13.9. The molecule has 14 nitrogen and oxygen atoms in total. The minimum Gasteiger partial charge on any atom is -0.508 e. The van der Waals surface area contributed by atoms with Gasteiger partial charge in [0.2, 0.25) is 15.8 Å². The standard InChI is InChI=1S/C31H32N2O12S/c1-4-43-24-14-18(13-23(36)27(24)28(37)26-20(31(40)44-5-2)7-6-8-22(26)35)30(39)45-25-16-33(46(3,41)42)15-21(25)32-29(38)17-9-11-19(34)12-10-17/h6-14,21,25,34-36H,4-5,15-16H2,1-3H3,(H,32,38)/t21-,25-/m0/s1. The van der Waals surface area contributed by atoms with Gasteiger partial charge in [-0.15, -0.1) is 0 Å². The molecule has 1 saturated heterocycles. The molecule has 0 saturated carbocycles. The fraction of sp³-hybridized carbons (Fsp3) is 0.290. The molecule has 15 heteroatoms. The Kier molecular flexibility index (Phi) is 10.2. The summed E-state index contributed by atoms with van der Waals surface area (Å²) in [6.45, 7) is 2.65. The van der Waals surface area contributed by atoms with Crippen molar-refractivity contribution in [2.24, 2.45) is 0 Å². The summed E-state index contributed by atoms with van der Waals surface area (Å²) in [5, 5.41) is 33.6. The van der Waals surface area contributed by atoms with E-state index in [4.69, 9.17) is 14.2 Å². The molecule has 4 rings (SSSR count). The molecule has 0 bridgehead atoms. The molecule has 0 unspecified atom stereocenters. The van der Waals surface area contributed by atoms with E-state index in [1.807, 2.05) is 0 Å². The number of nitrogens with one attached hydrogen (secondary N) is 1. The van der Waals surface area contributed by atoms with Crippen LogP contribution >= 0.6 is 0 Å². The zero-order valence-electron chi connectivity index (χ0n) is 25.1. The molecule has 1 aliphatic rings. The topological polar surface area (TPSA) is 206 Å². The molecule has 3 aromatic rings. The SMILES string of the molecule is CCOC(=O)c1cccc(O)c1C(=O)c1c(O)cc(C(=O)O[C@H]2CN(S(C)(=O)=O)C[C@@H]2NC(=O)c2ccc(O)cc2)cc1OCC. The molecule has 0 aromatic heterocycles. The molecule has 244 valence electrons. The van der Waals surface area contributed by atoms with Crippen LogP contribution in [0.2, 0.25) is 0 Å². The van der Waals surface area contributed by atoms with Crippen LogP contribution in [0.5, 0.6) is 23.0 Å². The van der Waals surface area contributed by atoms with Crippen molar-refractivity contribution < 1.29 is 57.1 Å². The summed E-state index contributed by atoms with van der Waals surface area (Å²) in [4.78, 5) is 52.3. The van der Waals surface area contributed by atoms with E-state index in [1.165, 1.54) is 42.5 Å². The van der Waals surface area contributed by atoms with Crippen molar-refractivity contribution in [3.8, 4) is 23.0 Å². The fourth-order valence-corrected chi connectivity index (χ4v) is 5.69. The number of aromatic hydroxyl groups is 3. The summed E-state index contributed by atoms with van der Waals surface area (Å²) >= 11 is 0. The van der Waals surface area contributed by atoms with Crippen molar-refractivity contribution in [2.45, 2.75) is 26.0 Å². The second-order valence-corrected chi connectivity index (χ2v) is 12.2. The molecule has 4 N–H and O–H groups in total. The van der Waals surface area contributed by atoms with Gasteiger partial charge >= 0.3 is 11.9 Å². The van der Waals surface area contributed by atoms with Crippen molar-refractivity contribution in [1.29, 1.82) is 0 Å². The summed E-state index contributed by atoms with van der Waals surface area (Å²) in [5.74, 6) is -5.13. The summed E-state index contributed by atoms with van der Waals surface area (Å²) in [6.07, 6.45) is -0.188. The van der Waals surface area contributed by atoms with Crippen LogP contribution in [0.15, 0.2) is 54.6 Å². The summed E-state index contributed by atoms with van der Waals surface area (Å²) in [6, 6.07) is 10.2. The van der Waals surface area contributed by atoms with E-state index in [0.29, 0.717) is 0 Å². The number of nitrogens with zero attached hydrogens (tertiary/aromatic N) is 1. The highest BCUT2D eigenvalue weighted by molar-refractivity contribution is 7.88. The number of carbonyl (C=O) groups excluding carboxylic acids is 4. The van der Waals surface area contributed by atoms with Gasteiger partial charge in [0, 0.05) is 12.1 Å². The average molecular weight is 657 g/mol. The number of esters is 2. The molecule has 1 amide bonds. The van der Waals surface area contributed by atoms with Crippen LogP contribution in [-0.4, -0.2) is 96.4 Å². The number of phenolic OH excluding ortho intramolecular Hbond substituents is 3. The minimum atomic E-state index is -3.75. The highest BCUT2D eigenvalue weighted by Gasteiger charge is 2.41. The number of rotatable bonds is 11. The molecule has 1 heterocycles. The molecule has 0 spiro atoms. The van der Waals surface area contributed by atoms with Gasteiger partial charge in [0.15, 0.2) is 0 Å². The first-order valence-corrected chi connectivity index (χ1v) is 15.9. The third-order valence-corrected chi connectivity index (χ3v) is 8.25. The Morgan fingerprint density at radius 2 is 1.57 bits per heavy atom. The monoisotopic (exact) mass is 656 g/mol. The van der Waals surface area contributed by atoms with E-state index >= 15 is 0 Å². The second-order valence-electron chi connectivity index (χ2n) is 10.2. The van der Waals surface area contributed by atoms with E-state index < -0.39 is 68.4 Å². The summed E-state index contributed by atoms with van der Waals surface area (Å²) < 4.78 is 41.8. The largest absolute Gasteiger partial charge is 0.508 e. The van der Waals surface area contributed by atoms with Crippen LogP contribution in [0.3, 0.4) is 0 Å². The van der Waals surface area contributed by atoms with Crippen molar-refractivity contribution in [2.75, 3.05) is 32.6 Å². The zero-order valence-corrected chi connectivity index (χ0v) is 25.9. The van der Waals surface area contributed by atoms with Gasteiger partial charge in [-0.05, 0) is 62.4 Å². The van der Waals surface area contributed by atoms with Gasteiger partial charge in [-0.2, -0.15) is 4.31 Å². The Morgan fingerprint density at radius 1 is 0.870 bits per heavy atom. The first-order valence-electron chi connectivity index (χ1n) is 14.0. The fourth-order valence-electron chi connectivity index (χ4n) is 4.84. The van der Waals surface area contributed by atoms with Crippen LogP contribution in [0.25, 0.3) is 0 Å². The number of sulfonamides is 1. The Bertz CT molecular complexity index is 1770. The maximum atomic E-state index is 13.6. The lowest BCUT2D eigenvalue weighted by Gasteiger charge is -2.21. The lowest BCUT2D eigenvalue weighted by molar-refractivity contribution is 0.0275. The number of carbonyl (C=O) groups is 4. The van der Waals surface area contributed by atoms with E-state index in [0.717, 1.165) is 22.7 Å². The number of ketones is 1. The number of amides is 1. The van der Waals surface area contributed by atoms with E-state index in [9.17, 15) is 42.9 Å². The van der Waals surface area contributed by atoms with E-state index in [2.05, 4.69) is 5.32 Å². The molecule has 46 heavy (non-hydrogen) atoms. The maximum absolute atomic E-state index is 13.6. The Labute approximate surface area is 264 Å². The highest BCUT2D eigenvalue weighted by Crippen LogP contribution is 2.36. The van der Waals surface area contributed by atoms with Crippen molar-refractivity contribution in [3.05, 3.63) is 82.4 Å². The Morgan fingerprint density at radius 3 is 2.20 bits per heavy atom. The highest BCUT2D eigenvalue weighted by atomic mass is 32.2. The lowest BCUT2D eigenvalue weighted by atomic mass is 9.95. The molecule has 3 aromatic carbocycles. The summed E-state index contributed by atoms with van der Waals surface area (Å²) in [7, 11) is -3.75. The first kappa shape index (κ1) is 33.7. The first-order chi connectivity index (χ1) is 21.7. The molecule has 0 aliphatic carbocycles. The lowest BCUT2D eigenvalue weighted by Crippen LogP contribution is -2.44. The molecule has 1 aliphatic heterocycles. The number of hydrogen-bond acceptors (Lipinski definition) is 12. The molecular formula is C31H32N2O12S. The number of benzene rings is 3. The zero-order chi connectivity index (χ0) is 33.8. The average Bonchev–Trinajstić information content (AvgIpc) is 3.39. The Hall–Kier alpha value is -5.15. The van der Waals surface area contributed by atoms with E-state index in [1.54, 1.807) is 13.8 Å². The smallest absolute Gasteiger partial charge is 0.339 e. The summed E-state index contributed by atoms with van der Waals surface area (Å²) in [5.41, 5.74) is -1.26. The van der Waals surface area contributed by atoms with Gasteiger partial charge in [-0.1, -0.05) is 6.07 Å². The molecule has 2 atom stereocenters. The number of phenols is 3. The third-order valence-electron chi connectivity index (χ3n) is 7.01. The van der Waals surface area contributed by atoms with Crippen LogP contribution in [0.4, 0.5) is 0 Å². The number of hydrogen-bond donors (Lipinski definition) is 4. The molecule has 1 fully saturated rings. The molecule has 0 radical (unpaired) electrons. The van der Waals surface area contributed by atoms with Crippen LogP contribution < -0.4 is 10.1 Å². The van der Waals surface area contributed by atoms with Crippen LogP contribution in [-0.2, 0) is 19.5 Å². The minimum absolute atomic E-state index is 0.00133. The number of ether oxygens (including phenoxy) is 3. The predicted octanol–water partition coefficient (Wildman–Crippen LogP) is 2.21. The van der Waals surface area contributed by atoms with Gasteiger partial charge in [0.1, 0.15) is 34.7 Å². The van der Waals surface area contributed by atoms with Gasteiger partial charge < -0.3 is 34.8 Å². The van der Waals surface area contributed by atoms with Gasteiger partial charge in [0.25, 0.3) is 5.91 Å². The third kappa shape index (κ3) is 7.38. The quantitative estimate of drug-likeness (QED) is 0.173. The van der Waals surface area contributed by atoms with Crippen LogP contribution in [0.1, 0.15) is 60.8 Å². The van der Waals surface area contributed by atoms with E-state index in [-0.39, 0.29) is 54.5 Å². The van der Waals surface area contributed by atoms with Gasteiger partial charge in [-0.25, -0.2) is 18.0 Å². The van der Waals surface area contributed by atoms with Crippen LogP contribution in [0, 0.1) is 0 Å². The molecular weight excluding hydrogens is 624 g/mol.